The van der Waals surface area contributed by atoms with Gasteiger partial charge in [-0.25, -0.2) is 0 Å². The quantitative estimate of drug-likeness (QED) is 0.848. The first-order chi connectivity index (χ1) is 9.60. The molecule has 1 aromatic heterocycles. The predicted octanol–water partition coefficient (Wildman–Crippen LogP) is 3.05. The summed E-state index contributed by atoms with van der Waals surface area (Å²) in [4.78, 5) is 14.4. The Kier molecular flexibility index (Phi) is 4.74. The van der Waals surface area contributed by atoms with Crippen LogP contribution in [0.4, 0.5) is 5.95 Å². The molecule has 1 aromatic carbocycles. The molecule has 2 rings (SSSR count). The molecule has 0 atom stereocenters. The van der Waals surface area contributed by atoms with Gasteiger partial charge in [0, 0.05) is 19.7 Å². The van der Waals surface area contributed by atoms with Crippen LogP contribution in [-0.4, -0.2) is 35.7 Å². The van der Waals surface area contributed by atoms with E-state index in [2.05, 4.69) is 21.9 Å². The van der Waals surface area contributed by atoms with Gasteiger partial charge in [-0.15, -0.1) is 0 Å². The van der Waals surface area contributed by atoms with Crippen LogP contribution >= 0.6 is 11.6 Å². The van der Waals surface area contributed by atoms with Gasteiger partial charge in [-0.3, -0.25) is 0 Å². The van der Waals surface area contributed by atoms with Gasteiger partial charge in [-0.1, -0.05) is 6.92 Å². The van der Waals surface area contributed by atoms with Gasteiger partial charge in [0.1, 0.15) is 5.75 Å². The van der Waals surface area contributed by atoms with Crippen molar-refractivity contribution in [3.8, 4) is 17.1 Å². The van der Waals surface area contributed by atoms with Crippen LogP contribution in [0.25, 0.3) is 11.4 Å². The summed E-state index contributed by atoms with van der Waals surface area (Å²) in [5.74, 6) is 1.92. The molecule has 0 bridgehead atoms. The zero-order valence-electron chi connectivity index (χ0n) is 11.8. The molecule has 106 valence electrons. The van der Waals surface area contributed by atoms with E-state index in [0.717, 1.165) is 17.7 Å². The lowest BCUT2D eigenvalue weighted by Crippen LogP contribution is -2.13. The summed E-state index contributed by atoms with van der Waals surface area (Å²) in [6, 6.07) is 7.63. The fraction of sp³-hybridized carbons (Fsp3) is 0.357. The molecule has 0 radical (unpaired) electrons. The summed E-state index contributed by atoms with van der Waals surface area (Å²) in [5, 5.41) is 0.185. The van der Waals surface area contributed by atoms with E-state index in [-0.39, 0.29) is 5.28 Å². The largest absolute Gasteiger partial charge is 0.494 e. The SMILES string of the molecule is CCCOc1ccc(-c2nc(Cl)nc(N(C)C)n2)cc1. The number of anilines is 1. The van der Waals surface area contributed by atoms with E-state index in [1.165, 1.54) is 0 Å². The summed E-state index contributed by atoms with van der Waals surface area (Å²) in [7, 11) is 3.72. The molecule has 20 heavy (non-hydrogen) atoms. The van der Waals surface area contributed by atoms with Crippen molar-refractivity contribution < 1.29 is 4.74 Å². The number of aromatic nitrogens is 3. The maximum absolute atomic E-state index is 5.93. The topological polar surface area (TPSA) is 51.1 Å². The van der Waals surface area contributed by atoms with Gasteiger partial charge in [0.15, 0.2) is 5.82 Å². The first-order valence-electron chi connectivity index (χ1n) is 6.42. The Morgan fingerprint density at radius 1 is 1.10 bits per heavy atom. The molecule has 0 aliphatic heterocycles. The number of halogens is 1. The molecular formula is C14H17ClN4O. The molecule has 0 saturated heterocycles. The highest BCUT2D eigenvalue weighted by atomic mass is 35.5. The average Bonchev–Trinajstić information content (AvgIpc) is 2.45. The van der Waals surface area contributed by atoms with Crippen LogP contribution in [-0.2, 0) is 0 Å². The molecule has 0 amide bonds. The third-order valence-electron chi connectivity index (χ3n) is 2.58. The Morgan fingerprint density at radius 2 is 1.80 bits per heavy atom. The lowest BCUT2D eigenvalue weighted by Gasteiger charge is -2.11. The second-order valence-corrected chi connectivity index (χ2v) is 4.83. The second kappa shape index (κ2) is 6.52. The van der Waals surface area contributed by atoms with E-state index >= 15 is 0 Å². The van der Waals surface area contributed by atoms with E-state index in [9.17, 15) is 0 Å². The van der Waals surface area contributed by atoms with Crippen molar-refractivity contribution in [1.29, 1.82) is 0 Å². The summed E-state index contributed by atoms with van der Waals surface area (Å²) >= 11 is 5.93. The minimum Gasteiger partial charge on any atom is -0.494 e. The molecule has 2 aromatic rings. The molecule has 0 saturated carbocycles. The zero-order chi connectivity index (χ0) is 14.5. The first-order valence-corrected chi connectivity index (χ1v) is 6.80. The minimum absolute atomic E-state index is 0.185. The van der Waals surface area contributed by atoms with Crippen molar-refractivity contribution in [1.82, 2.24) is 15.0 Å². The zero-order valence-corrected chi connectivity index (χ0v) is 12.6. The van der Waals surface area contributed by atoms with Gasteiger partial charge >= 0.3 is 0 Å². The molecule has 6 heteroatoms. The molecule has 1 heterocycles. The first kappa shape index (κ1) is 14.5. The van der Waals surface area contributed by atoms with Crippen LogP contribution in [0.15, 0.2) is 24.3 Å². The molecule has 0 spiro atoms. The Balaban J connectivity index is 2.27. The summed E-state index contributed by atoms with van der Waals surface area (Å²) in [6.07, 6.45) is 0.983. The van der Waals surface area contributed by atoms with Gasteiger partial charge in [0.25, 0.3) is 0 Å². The standard InChI is InChI=1S/C14H17ClN4O/c1-4-9-20-11-7-5-10(6-8-11)12-16-13(15)18-14(17-12)19(2)3/h5-8H,4,9H2,1-3H3. The Morgan fingerprint density at radius 3 is 2.40 bits per heavy atom. The number of hydrogen-bond acceptors (Lipinski definition) is 5. The molecule has 0 fully saturated rings. The summed E-state index contributed by atoms with van der Waals surface area (Å²) < 4.78 is 5.54. The minimum atomic E-state index is 0.185. The van der Waals surface area contributed by atoms with Crippen molar-refractivity contribution in [2.24, 2.45) is 0 Å². The van der Waals surface area contributed by atoms with Gasteiger partial charge < -0.3 is 9.64 Å². The molecule has 5 nitrogen and oxygen atoms in total. The predicted molar refractivity (Wildman–Crippen MR) is 80.4 cm³/mol. The van der Waals surface area contributed by atoms with Crippen molar-refractivity contribution in [2.75, 3.05) is 25.6 Å². The fourth-order valence-electron chi connectivity index (χ4n) is 1.59. The van der Waals surface area contributed by atoms with Crippen molar-refractivity contribution in [3.05, 3.63) is 29.5 Å². The van der Waals surface area contributed by atoms with Crippen LogP contribution in [0, 0.1) is 0 Å². The molecular weight excluding hydrogens is 276 g/mol. The highest BCUT2D eigenvalue weighted by molar-refractivity contribution is 6.28. The van der Waals surface area contributed by atoms with E-state index in [1.807, 2.05) is 38.4 Å². The summed E-state index contributed by atoms with van der Waals surface area (Å²) in [5.41, 5.74) is 0.876. The second-order valence-electron chi connectivity index (χ2n) is 4.50. The summed E-state index contributed by atoms with van der Waals surface area (Å²) in [6.45, 7) is 2.78. The van der Waals surface area contributed by atoms with E-state index in [0.29, 0.717) is 18.4 Å². The van der Waals surface area contributed by atoms with Crippen LogP contribution in [0.3, 0.4) is 0 Å². The van der Waals surface area contributed by atoms with Crippen LogP contribution in [0.1, 0.15) is 13.3 Å². The van der Waals surface area contributed by atoms with Crippen molar-refractivity contribution in [3.63, 3.8) is 0 Å². The lowest BCUT2D eigenvalue weighted by atomic mass is 10.2. The fourth-order valence-corrected chi connectivity index (χ4v) is 1.74. The van der Waals surface area contributed by atoms with E-state index in [4.69, 9.17) is 16.3 Å². The third kappa shape index (κ3) is 3.57. The van der Waals surface area contributed by atoms with E-state index in [1.54, 1.807) is 4.90 Å². The Hall–Kier alpha value is -1.88. The number of benzene rings is 1. The van der Waals surface area contributed by atoms with Gasteiger partial charge in [-0.2, -0.15) is 15.0 Å². The molecule has 0 aliphatic carbocycles. The maximum atomic E-state index is 5.93. The third-order valence-corrected chi connectivity index (χ3v) is 2.75. The van der Waals surface area contributed by atoms with Crippen molar-refractivity contribution in [2.45, 2.75) is 13.3 Å². The lowest BCUT2D eigenvalue weighted by molar-refractivity contribution is 0.317. The van der Waals surface area contributed by atoms with Gasteiger partial charge in [0.2, 0.25) is 11.2 Å². The smallest absolute Gasteiger partial charge is 0.229 e. The normalized spacial score (nSPS) is 10.4. The number of nitrogens with zero attached hydrogens (tertiary/aromatic N) is 4. The van der Waals surface area contributed by atoms with Crippen molar-refractivity contribution >= 4 is 17.5 Å². The highest BCUT2D eigenvalue weighted by Crippen LogP contribution is 2.21. The highest BCUT2D eigenvalue weighted by Gasteiger charge is 2.08. The molecule has 0 N–H and O–H groups in total. The number of rotatable bonds is 5. The molecule has 0 unspecified atom stereocenters. The monoisotopic (exact) mass is 292 g/mol. The Labute approximate surface area is 123 Å². The molecule has 0 aliphatic rings. The Bertz CT molecular complexity index is 572. The number of hydrogen-bond donors (Lipinski definition) is 0. The average molecular weight is 293 g/mol. The van der Waals surface area contributed by atoms with Crippen LogP contribution in [0.5, 0.6) is 5.75 Å². The van der Waals surface area contributed by atoms with Gasteiger partial charge in [-0.05, 0) is 42.3 Å². The number of ether oxygens (including phenoxy) is 1. The van der Waals surface area contributed by atoms with E-state index < -0.39 is 0 Å². The van der Waals surface area contributed by atoms with Crippen LogP contribution in [0.2, 0.25) is 5.28 Å². The van der Waals surface area contributed by atoms with Gasteiger partial charge in [0.05, 0.1) is 6.61 Å². The van der Waals surface area contributed by atoms with Crippen LogP contribution < -0.4 is 9.64 Å². The maximum Gasteiger partial charge on any atom is 0.229 e.